The molecular weight excluding hydrogens is 354 g/mol. The number of aromatic amines is 1. The molecule has 2 aromatic rings. The fraction of sp³-hybridized carbons (Fsp3) is 0.556. The van der Waals surface area contributed by atoms with Crippen LogP contribution in [-0.4, -0.2) is 70.1 Å². The number of H-pyrrole nitrogens is 1. The Labute approximate surface area is 155 Å². The molecule has 9 heteroatoms. The van der Waals surface area contributed by atoms with Crippen LogP contribution < -0.4 is 4.90 Å². The summed E-state index contributed by atoms with van der Waals surface area (Å²) >= 11 is 0. The lowest BCUT2D eigenvalue weighted by molar-refractivity contribution is -0.165. The number of rotatable bonds is 4. The van der Waals surface area contributed by atoms with E-state index in [1.165, 1.54) is 11.2 Å². The predicted molar refractivity (Wildman–Crippen MR) is 98.4 cm³/mol. The summed E-state index contributed by atoms with van der Waals surface area (Å²) in [4.78, 5) is 31.1. The zero-order chi connectivity index (χ0) is 19.1. The number of anilines is 1. The summed E-state index contributed by atoms with van der Waals surface area (Å²) in [5, 5.41) is 0.796. The van der Waals surface area contributed by atoms with Crippen molar-refractivity contribution in [1.82, 2.24) is 19.9 Å². The molecule has 144 valence electrons. The Bertz CT molecular complexity index is 868. The SMILES string of the molecule is C=NCCC(=O)N1CCCC12CN(c1ncnc3[nH]ccc13)CCC2(F)F. The second kappa shape index (κ2) is 6.54. The average Bonchev–Trinajstić information content (AvgIpc) is 3.29. The van der Waals surface area contributed by atoms with Gasteiger partial charge >= 0.3 is 0 Å². The molecule has 2 aromatic heterocycles. The quantitative estimate of drug-likeness (QED) is 0.831. The zero-order valence-corrected chi connectivity index (χ0v) is 15.0. The molecule has 4 heterocycles. The molecule has 0 radical (unpaired) electrons. The number of likely N-dealkylation sites (tertiary alicyclic amines) is 1. The number of halogens is 2. The van der Waals surface area contributed by atoms with Gasteiger partial charge in [-0.2, -0.15) is 0 Å². The number of aromatic nitrogens is 3. The molecule has 0 aliphatic carbocycles. The van der Waals surface area contributed by atoms with Crippen LogP contribution >= 0.6 is 0 Å². The maximum atomic E-state index is 15.1. The van der Waals surface area contributed by atoms with Gasteiger partial charge in [-0.1, -0.05) is 0 Å². The highest BCUT2D eigenvalue weighted by Gasteiger charge is 2.62. The number of fused-ring (bicyclic) bond motifs is 1. The van der Waals surface area contributed by atoms with E-state index >= 15 is 8.78 Å². The van der Waals surface area contributed by atoms with Crippen molar-refractivity contribution >= 4 is 29.5 Å². The smallest absolute Gasteiger partial charge is 0.274 e. The third-order valence-corrected chi connectivity index (χ3v) is 5.74. The molecule has 1 amide bonds. The van der Waals surface area contributed by atoms with Gasteiger partial charge in [-0.05, 0) is 25.6 Å². The first-order valence-corrected chi connectivity index (χ1v) is 9.12. The summed E-state index contributed by atoms with van der Waals surface area (Å²) in [6.07, 6.45) is 3.83. The summed E-state index contributed by atoms with van der Waals surface area (Å²) < 4.78 is 30.3. The largest absolute Gasteiger partial charge is 0.353 e. The number of carbonyl (C=O) groups is 1. The molecule has 2 saturated heterocycles. The Morgan fingerprint density at radius 2 is 2.19 bits per heavy atom. The molecule has 27 heavy (non-hydrogen) atoms. The van der Waals surface area contributed by atoms with Crippen LogP contribution in [0.15, 0.2) is 23.6 Å². The Balaban J connectivity index is 1.69. The van der Waals surface area contributed by atoms with Crippen molar-refractivity contribution in [1.29, 1.82) is 0 Å². The van der Waals surface area contributed by atoms with Gasteiger partial charge in [-0.15, -0.1) is 0 Å². The predicted octanol–water partition coefficient (Wildman–Crippen LogP) is 2.26. The molecule has 0 aromatic carbocycles. The van der Waals surface area contributed by atoms with E-state index < -0.39 is 11.5 Å². The van der Waals surface area contributed by atoms with E-state index in [1.54, 1.807) is 6.20 Å². The van der Waals surface area contributed by atoms with E-state index in [1.807, 2.05) is 11.0 Å². The van der Waals surface area contributed by atoms with Crippen molar-refractivity contribution in [3.05, 3.63) is 18.6 Å². The monoisotopic (exact) mass is 376 g/mol. The van der Waals surface area contributed by atoms with Crippen LogP contribution in [0.1, 0.15) is 25.7 Å². The summed E-state index contributed by atoms with van der Waals surface area (Å²) in [5.74, 6) is -2.60. The van der Waals surface area contributed by atoms with Crippen LogP contribution in [-0.2, 0) is 4.79 Å². The van der Waals surface area contributed by atoms with Crippen molar-refractivity contribution in [2.75, 3.05) is 31.1 Å². The molecule has 2 aliphatic rings. The first-order valence-electron chi connectivity index (χ1n) is 9.12. The van der Waals surface area contributed by atoms with Crippen LogP contribution in [0, 0.1) is 0 Å². The Morgan fingerprint density at radius 3 is 3.00 bits per heavy atom. The highest BCUT2D eigenvalue weighted by molar-refractivity contribution is 5.87. The first-order chi connectivity index (χ1) is 13.0. The molecule has 1 N–H and O–H groups in total. The number of amides is 1. The van der Waals surface area contributed by atoms with Crippen LogP contribution in [0.3, 0.4) is 0 Å². The highest BCUT2D eigenvalue weighted by atomic mass is 19.3. The van der Waals surface area contributed by atoms with Gasteiger partial charge in [0.25, 0.3) is 5.92 Å². The number of nitrogens with one attached hydrogen (secondary N) is 1. The number of alkyl halides is 2. The van der Waals surface area contributed by atoms with E-state index in [0.29, 0.717) is 24.4 Å². The van der Waals surface area contributed by atoms with E-state index in [0.717, 1.165) is 5.39 Å². The maximum absolute atomic E-state index is 15.1. The second-order valence-corrected chi connectivity index (χ2v) is 7.19. The molecule has 1 unspecified atom stereocenters. The van der Waals surface area contributed by atoms with Gasteiger partial charge in [0.15, 0.2) is 0 Å². The summed E-state index contributed by atoms with van der Waals surface area (Å²) in [6.45, 7) is 4.21. The molecule has 2 aliphatic heterocycles. The van der Waals surface area contributed by atoms with Crippen molar-refractivity contribution in [3.63, 3.8) is 0 Å². The highest BCUT2D eigenvalue weighted by Crippen LogP contribution is 2.48. The Morgan fingerprint density at radius 1 is 1.33 bits per heavy atom. The van der Waals surface area contributed by atoms with Gasteiger partial charge in [0.1, 0.15) is 23.3 Å². The van der Waals surface area contributed by atoms with Gasteiger partial charge in [0.05, 0.1) is 5.39 Å². The molecule has 4 rings (SSSR count). The number of piperidine rings is 1. The minimum atomic E-state index is -2.94. The lowest BCUT2D eigenvalue weighted by atomic mass is 9.82. The van der Waals surface area contributed by atoms with Gasteiger partial charge in [0.2, 0.25) is 5.91 Å². The number of hydrogen-bond acceptors (Lipinski definition) is 5. The van der Waals surface area contributed by atoms with E-state index in [-0.39, 0.29) is 44.8 Å². The van der Waals surface area contributed by atoms with Gasteiger partial charge < -0.3 is 19.8 Å². The minimum absolute atomic E-state index is 0.0601. The topological polar surface area (TPSA) is 77.5 Å². The lowest BCUT2D eigenvalue weighted by Crippen LogP contribution is -2.68. The van der Waals surface area contributed by atoms with E-state index in [9.17, 15) is 4.79 Å². The van der Waals surface area contributed by atoms with E-state index in [2.05, 4.69) is 26.7 Å². The second-order valence-electron chi connectivity index (χ2n) is 7.19. The summed E-state index contributed by atoms with van der Waals surface area (Å²) in [5.41, 5.74) is -0.834. The molecular formula is C18H22F2N6O. The van der Waals surface area contributed by atoms with Gasteiger partial charge in [-0.3, -0.25) is 4.79 Å². The van der Waals surface area contributed by atoms with Crippen LogP contribution in [0.2, 0.25) is 0 Å². The van der Waals surface area contributed by atoms with Gasteiger partial charge in [0, 0.05) is 45.2 Å². The van der Waals surface area contributed by atoms with E-state index in [4.69, 9.17) is 0 Å². The number of nitrogens with zero attached hydrogens (tertiary/aromatic N) is 5. The van der Waals surface area contributed by atoms with Crippen LogP contribution in [0.5, 0.6) is 0 Å². The maximum Gasteiger partial charge on any atom is 0.274 e. The molecule has 2 fully saturated rings. The Kier molecular flexibility index (Phi) is 4.32. The molecule has 0 bridgehead atoms. The normalized spacial score (nSPS) is 24.7. The van der Waals surface area contributed by atoms with Crippen LogP contribution in [0.4, 0.5) is 14.6 Å². The van der Waals surface area contributed by atoms with Crippen molar-refractivity contribution in [2.45, 2.75) is 37.1 Å². The van der Waals surface area contributed by atoms with Gasteiger partial charge in [-0.25, -0.2) is 18.7 Å². The van der Waals surface area contributed by atoms with Crippen molar-refractivity contribution in [3.8, 4) is 0 Å². The number of hydrogen-bond donors (Lipinski definition) is 1. The molecule has 1 atom stereocenters. The van der Waals surface area contributed by atoms with Crippen molar-refractivity contribution < 1.29 is 13.6 Å². The fourth-order valence-corrected chi connectivity index (χ4v) is 4.41. The summed E-state index contributed by atoms with van der Waals surface area (Å²) in [6, 6.07) is 1.84. The third kappa shape index (κ3) is 2.76. The molecule has 1 spiro atoms. The van der Waals surface area contributed by atoms with Crippen molar-refractivity contribution in [2.24, 2.45) is 4.99 Å². The molecule has 7 nitrogen and oxygen atoms in total. The first kappa shape index (κ1) is 17.8. The third-order valence-electron chi connectivity index (χ3n) is 5.74. The Hall–Kier alpha value is -2.58. The molecule has 0 saturated carbocycles. The minimum Gasteiger partial charge on any atom is -0.353 e. The summed E-state index contributed by atoms with van der Waals surface area (Å²) in [7, 11) is 0. The standard InChI is InChI=1S/C18H22F2N6O/c1-21-7-4-14(27)26-9-2-5-17(26)11-25(10-6-18(17,19)20)16-13-3-8-22-15(13)23-12-24-16/h3,8,12H,1-2,4-7,9-11H2,(H,22,23,24). The average molecular weight is 376 g/mol. The zero-order valence-electron chi connectivity index (χ0n) is 15.0. The fourth-order valence-electron chi connectivity index (χ4n) is 4.41. The number of carbonyl (C=O) groups excluding carboxylic acids is 1. The van der Waals surface area contributed by atoms with Crippen LogP contribution in [0.25, 0.3) is 11.0 Å². The lowest BCUT2D eigenvalue weighted by Gasteiger charge is -2.50. The number of aliphatic imine (C=N–C) groups is 1.